The highest BCUT2D eigenvalue weighted by molar-refractivity contribution is 5.95. The van der Waals surface area contributed by atoms with Gasteiger partial charge in [0.2, 0.25) is 5.91 Å². The zero-order chi connectivity index (χ0) is 15.8. The van der Waals surface area contributed by atoms with E-state index in [4.69, 9.17) is 9.84 Å². The summed E-state index contributed by atoms with van der Waals surface area (Å²) in [5.41, 5.74) is 0.902. The number of nitrogens with one attached hydrogen (secondary N) is 1. The molecule has 0 saturated carbocycles. The fraction of sp³-hybridized carbons (Fsp3) is 0.375. The lowest BCUT2D eigenvalue weighted by Crippen LogP contribution is -2.29. The number of benzene rings is 1. The normalized spacial score (nSPS) is 11.3. The summed E-state index contributed by atoms with van der Waals surface area (Å²) >= 11 is 0. The minimum absolute atomic E-state index is 0.125. The quantitative estimate of drug-likeness (QED) is 0.757. The molecule has 0 atom stereocenters. The first-order valence-electron chi connectivity index (χ1n) is 6.91. The van der Waals surface area contributed by atoms with Gasteiger partial charge in [0.15, 0.2) is 0 Å². The second-order valence-corrected chi connectivity index (χ2v) is 4.63. The van der Waals surface area contributed by atoms with Crippen LogP contribution in [0.5, 0.6) is 5.75 Å². The molecule has 0 fully saturated rings. The third-order valence-electron chi connectivity index (χ3n) is 3.28. The van der Waals surface area contributed by atoms with E-state index in [2.05, 4.69) is 5.32 Å². The topological polar surface area (TPSA) is 75.6 Å². The van der Waals surface area contributed by atoms with Gasteiger partial charge in [-0.1, -0.05) is 13.8 Å². The van der Waals surface area contributed by atoms with Crippen molar-refractivity contribution in [3.63, 3.8) is 0 Å². The third kappa shape index (κ3) is 4.95. The molecule has 5 heteroatoms. The van der Waals surface area contributed by atoms with Gasteiger partial charge in [-0.25, -0.2) is 4.79 Å². The molecule has 114 valence electrons. The van der Waals surface area contributed by atoms with Crippen molar-refractivity contribution >= 4 is 17.6 Å². The predicted molar refractivity (Wildman–Crippen MR) is 80.8 cm³/mol. The Labute approximate surface area is 124 Å². The molecule has 5 nitrogen and oxygen atoms in total. The number of aliphatic carboxylic acids is 1. The Balaban J connectivity index is 3.01. The van der Waals surface area contributed by atoms with Gasteiger partial charge < -0.3 is 15.2 Å². The van der Waals surface area contributed by atoms with E-state index < -0.39 is 5.97 Å². The van der Waals surface area contributed by atoms with Crippen LogP contribution in [0.25, 0.3) is 5.70 Å². The van der Waals surface area contributed by atoms with Crippen LogP contribution in [0.1, 0.15) is 32.3 Å². The molecule has 0 radical (unpaired) electrons. The Kier molecular flexibility index (Phi) is 6.46. The number of carboxylic acids is 1. The highest BCUT2D eigenvalue weighted by Crippen LogP contribution is 2.18. The molecule has 0 unspecified atom stereocenters. The van der Waals surface area contributed by atoms with E-state index in [-0.39, 0.29) is 17.5 Å². The molecule has 0 saturated heterocycles. The number of methoxy groups -OCH3 is 1. The van der Waals surface area contributed by atoms with Crippen LogP contribution in [0.4, 0.5) is 0 Å². The van der Waals surface area contributed by atoms with E-state index in [1.54, 1.807) is 31.4 Å². The van der Waals surface area contributed by atoms with Crippen LogP contribution >= 0.6 is 0 Å². The monoisotopic (exact) mass is 291 g/mol. The first kappa shape index (κ1) is 16.8. The Hall–Kier alpha value is -2.30. The average Bonchev–Trinajstić information content (AvgIpc) is 2.47. The molecule has 21 heavy (non-hydrogen) atoms. The summed E-state index contributed by atoms with van der Waals surface area (Å²) in [6.45, 7) is 3.86. The van der Waals surface area contributed by atoms with Gasteiger partial charge in [-0.2, -0.15) is 0 Å². The Morgan fingerprint density at radius 3 is 2.24 bits per heavy atom. The first-order valence-corrected chi connectivity index (χ1v) is 6.91. The third-order valence-corrected chi connectivity index (χ3v) is 3.28. The molecule has 0 aliphatic rings. The summed E-state index contributed by atoms with van der Waals surface area (Å²) < 4.78 is 5.06. The Morgan fingerprint density at radius 1 is 1.24 bits per heavy atom. The molecule has 0 spiro atoms. The summed E-state index contributed by atoms with van der Waals surface area (Å²) in [4.78, 5) is 23.1. The highest BCUT2D eigenvalue weighted by Gasteiger charge is 2.16. The van der Waals surface area contributed by atoms with E-state index in [0.717, 1.165) is 6.08 Å². The van der Waals surface area contributed by atoms with Gasteiger partial charge in [-0.05, 0) is 42.7 Å². The van der Waals surface area contributed by atoms with Crippen LogP contribution in [0, 0.1) is 5.92 Å². The Morgan fingerprint density at radius 2 is 1.81 bits per heavy atom. The van der Waals surface area contributed by atoms with Crippen molar-refractivity contribution in [1.29, 1.82) is 0 Å². The summed E-state index contributed by atoms with van der Waals surface area (Å²) in [6, 6.07) is 6.85. The van der Waals surface area contributed by atoms with Crippen LogP contribution in [0.3, 0.4) is 0 Å². The van der Waals surface area contributed by atoms with Gasteiger partial charge in [0.05, 0.1) is 12.8 Å². The summed E-state index contributed by atoms with van der Waals surface area (Å²) in [5.74, 6) is -0.728. The molecule has 1 aromatic carbocycles. The Bertz CT molecular complexity index is 516. The number of carbonyl (C=O) groups excluding carboxylic acids is 1. The highest BCUT2D eigenvalue weighted by atomic mass is 16.5. The molecule has 0 aromatic heterocycles. The van der Waals surface area contributed by atoms with Crippen LogP contribution < -0.4 is 10.1 Å². The maximum absolute atomic E-state index is 12.1. The molecule has 0 aliphatic carbocycles. The maximum atomic E-state index is 12.1. The van der Waals surface area contributed by atoms with E-state index in [9.17, 15) is 9.59 Å². The second-order valence-electron chi connectivity index (χ2n) is 4.63. The maximum Gasteiger partial charge on any atom is 0.330 e. The van der Waals surface area contributed by atoms with Crippen molar-refractivity contribution in [3.05, 3.63) is 35.9 Å². The molecule has 1 aromatic rings. The van der Waals surface area contributed by atoms with Crippen LogP contribution in [0.15, 0.2) is 30.3 Å². The lowest BCUT2D eigenvalue weighted by molar-refractivity contribution is -0.131. The molecule has 0 heterocycles. The van der Waals surface area contributed by atoms with Gasteiger partial charge in [-0.15, -0.1) is 0 Å². The molecule has 0 aliphatic heterocycles. The summed E-state index contributed by atoms with van der Waals surface area (Å²) in [5, 5.41) is 11.7. The molecular formula is C16H21NO4. The van der Waals surface area contributed by atoms with E-state index >= 15 is 0 Å². The molecule has 2 N–H and O–H groups in total. The number of ether oxygens (including phenoxy) is 1. The van der Waals surface area contributed by atoms with Gasteiger partial charge >= 0.3 is 5.97 Å². The van der Waals surface area contributed by atoms with Crippen molar-refractivity contribution < 1.29 is 19.4 Å². The summed E-state index contributed by atoms with van der Waals surface area (Å²) in [6.07, 6.45) is 2.43. The minimum Gasteiger partial charge on any atom is -0.497 e. The van der Waals surface area contributed by atoms with Crippen LogP contribution in [-0.2, 0) is 9.59 Å². The molecular weight excluding hydrogens is 270 g/mol. The van der Waals surface area contributed by atoms with Gasteiger partial charge in [0.1, 0.15) is 5.75 Å². The number of rotatable bonds is 7. The zero-order valence-electron chi connectivity index (χ0n) is 12.6. The fourth-order valence-electron chi connectivity index (χ4n) is 1.98. The van der Waals surface area contributed by atoms with Crippen molar-refractivity contribution in [2.75, 3.05) is 7.11 Å². The lowest BCUT2D eigenvalue weighted by atomic mass is 10.0. The minimum atomic E-state index is -1.11. The second kappa shape index (κ2) is 8.09. The number of hydrogen-bond acceptors (Lipinski definition) is 3. The lowest BCUT2D eigenvalue weighted by Gasteiger charge is -2.15. The fourth-order valence-corrected chi connectivity index (χ4v) is 1.98. The molecule has 0 bridgehead atoms. The van der Waals surface area contributed by atoms with Gasteiger partial charge in [0, 0.05) is 12.0 Å². The molecule has 1 amide bonds. The van der Waals surface area contributed by atoms with Gasteiger partial charge in [-0.3, -0.25) is 4.79 Å². The van der Waals surface area contributed by atoms with E-state index in [1.807, 2.05) is 13.8 Å². The zero-order valence-corrected chi connectivity index (χ0v) is 12.6. The SMILES string of the molecule is CCC(CC)C(=O)NC(=CC(=O)O)c1ccc(OC)cc1. The van der Waals surface area contributed by atoms with Crippen LogP contribution in [-0.4, -0.2) is 24.1 Å². The first-order chi connectivity index (χ1) is 10.0. The summed E-state index contributed by atoms with van der Waals surface area (Å²) in [7, 11) is 1.55. The molecule has 1 rings (SSSR count). The largest absolute Gasteiger partial charge is 0.497 e. The van der Waals surface area contributed by atoms with Crippen molar-refractivity contribution in [2.24, 2.45) is 5.92 Å². The van der Waals surface area contributed by atoms with Crippen LogP contribution in [0.2, 0.25) is 0 Å². The van der Waals surface area contributed by atoms with Crippen molar-refractivity contribution in [3.8, 4) is 5.75 Å². The average molecular weight is 291 g/mol. The number of amides is 1. The van der Waals surface area contributed by atoms with E-state index in [1.165, 1.54) is 0 Å². The van der Waals surface area contributed by atoms with Gasteiger partial charge in [0.25, 0.3) is 0 Å². The predicted octanol–water partition coefficient (Wildman–Crippen LogP) is 2.67. The number of carboxylic acid groups (broad SMARTS) is 1. The number of hydrogen-bond donors (Lipinski definition) is 2. The van der Waals surface area contributed by atoms with E-state index in [0.29, 0.717) is 24.2 Å². The number of carbonyl (C=O) groups is 2. The van der Waals surface area contributed by atoms with Crippen molar-refractivity contribution in [2.45, 2.75) is 26.7 Å². The smallest absolute Gasteiger partial charge is 0.330 e. The standard InChI is InChI=1S/C16H21NO4/c1-4-11(5-2)16(20)17-14(10-15(18)19)12-6-8-13(21-3)9-7-12/h6-11H,4-5H2,1-3H3,(H,17,20)(H,18,19). The van der Waals surface area contributed by atoms with Crippen molar-refractivity contribution in [1.82, 2.24) is 5.32 Å².